The van der Waals surface area contributed by atoms with E-state index in [1.165, 1.54) is 7.11 Å². The Morgan fingerprint density at radius 2 is 2.00 bits per heavy atom. The van der Waals surface area contributed by atoms with Crippen molar-refractivity contribution in [1.29, 1.82) is 0 Å². The second-order valence-electron chi connectivity index (χ2n) is 3.36. The Morgan fingerprint density at radius 1 is 1.33 bits per heavy atom. The van der Waals surface area contributed by atoms with Crippen LogP contribution in [0.15, 0.2) is 0 Å². The number of rotatable bonds is 1. The summed E-state index contributed by atoms with van der Waals surface area (Å²) in [7, 11) is 1.41. The Bertz CT molecular complexity index is 172. The molecule has 0 aromatic carbocycles. The molecule has 3 atom stereocenters. The highest BCUT2D eigenvalue weighted by Crippen LogP contribution is 2.23. The first-order chi connectivity index (χ1) is 5.65. The summed E-state index contributed by atoms with van der Waals surface area (Å²) >= 11 is 0. The summed E-state index contributed by atoms with van der Waals surface area (Å²) in [6.45, 7) is 0. The van der Waals surface area contributed by atoms with E-state index in [2.05, 4.69) is 4.74 Å². The van der Waals surface area contributed by atoms with Gasteiger partial charge >= 0.3 is 5.97 Å². The van der Waals surface area contributed by atoms with Crippen LogP contribution in [0.3, 0.4) is 0 Å². The molecule has 0 aliphatic heterocycles. The summed E-state index contributed by atoms with van der Waals surface area (Å²) in [5.41, 5.74) is 11.4. The van der Waals surface area contributed by atoms with E-state index in [0.29, 0.717) is 6.42 Å². The summed E-state index contributed by atoms with van der Waals surface area (Å²) in [4.78, 5) is 11.1. The molecule has 0 saturated heterocycles. The third kappa shape index (κ3) is 1.95. The van der Waals surface area contributed by atoms with Crippen LogP contribution in [0.4, 0.5) is 0 Å². The van der Waals surface area contributed by atoms with Gasteiger partial charge in [-0.2, -0.15) is 0 Å². The molecule has 0 aromatic heterocycles. The number of carbonyl (C=O) groups is 1. The van der Waals surface area contributed by atoms with Crippen molar-refractivity contribution in [2.75, 3.05) is 7.11 Å². The Morgan fingerprint density at radius 3 is 2.50 bits per heavy atom. The summed E-state index contributed by atoms with van der Waals surface area (Å²) in [6.07, 6.45) is 2.29. The van der Waals surface area contributed by atoms with Crippen molar-refractivity contribution in [2.45, 2.75) is 31.3 Å². The summed E-state index contributed by atoms with van der Waals surface area (Å²) in [6, 6.07) is -0.00578. The lowest BCUT2D eigenvalue weighted by Crippen LogP contribution is -2.47. The molecular weight excluding hydrogens is 156 g/mol. The van der Waals surface area contributed by atoms with Crippen LogP contribution >= 0.6 is 0 Å². The van der Waals surface area contributed by atoms with Crippen LogP contribution in [0.2, 0.25) is 0 Å². The molecule has 1 fully saturated rings. The van der Waals surface area contributed by atoms with Crippen LogP contribution in [-0.4, -0.2) is 25.2 Å². The van der Waals surface area contributed by atoms with Gasteiger partial charge in [-0.3, -0.25) is 4.79 Å². The van der Waals surface area contributed by atoms with Gasteiger partial charge in [0.1, 0.15) is 0 Å². The fourth-order valence-corrected chi connectivity index (χ4v) is 1.61. The lowest BCUT2D eigenvalue weighted by molar-refractivity contribution is -0.146. The standard InChI is InChI=1S/C8H16N2O2/c1-12-8(11)5-2-3-6(9)7(10)4-5/h5-7H,2-4,9-10H2,1H3/t5-,6-,7+/m0/s1. The summed E-state index contributed by atoms with van der Waals surface area (Å²) < 4.78 is 4.64. The highest BCUT2D eigenvalue weighted by Gasteiger charge is 2.30. The maximum atomic E-state index is 11.1. The predicted octanol–water partition coefficient (Wildman–Crippen LogP) is -0.386. The number of ether oxygens (including phenoxy) is 1. The zero-order valence-electron chi connectivity index (χ0n) is 7.32. The van der Waals surface area contributed by atoms with Crippen LogP contribution in [0.1, 0.15) is 19.3 Å². The predicted molar refractivity (Wildman–Crippen MR) is 45.3 cm³/mol. The monoisotopic (exact) mass is 172 g/mol. The fourth-order valence-electron chi connectivity index (χ4n) is 1.61. The molecule has 0 bridgehead atoms. The Balaban J connectivity index is 2.45. The van der Waals surface area contributed by atoms with E-state index in [1.54, 1.807) is 0 Å². The Kier molecular flexibility index (Phi) is 3.05. The summed E-state index contributed by atoms with van der Waals surface area (Å²) in [5, 5.41) is 0. The number of methoxy groups -OCH3 is 1. The average molecular weight is 172 g/mol. The van der Waals surface area contributed by atoms with E-state index in [1.807, 2.05) is 0 Å². The quantitative estimate of drug-likeness (QED) is 0.528. The van der Waals surface area contributed by atoms with Gasteiger partial charge in [0.2, 0.25) is 0 Å². The zero-order chi connectivity index (χ0) is 9.14. The van der Waals surface area contributed by atoms with E-state index in [-0.39, 0.29) is 24.0 Å². The van der Waals surface area contributed by atoms with E-state index in [4.69, 9.17) is 11.5 Å². The van der Waals surface area contributed by atoms with Crippen LogP contribution in [-0.2, 0) is 9.53 Å². The van der Waals surface area contributed by atoms with Crippen molar-refractivity contribution >= 4 is 5.97 Å². The lowest BCUT2D eigenvalue weighted by Gasteiger charge is -2.29. The van der Waals surface area contributed by atoms with Crippen molar-refractivity contribution in [2.24, 2.45) is 17.4 Å². The molecule has 4 heteroatoms. The molecule has 4 nitrogen and oxygen atoms in total. The molecule has 0 aromatic rings. The highest BCUT2D eigenvalue weighted by molar-refractivity contribution is 5.72. The average Bonchev–Trinajstić information content (AvgIpc) is 2.08. The van der Waals surface area contributed by atoms with Crippen molar-refractivity contribution in [3.63, 3.8) is 0 Å². The maximum absolute atomic E-state index is 11.1. The first kappa shape index (κ1) is 9.48. The third-order valence-electron chi connectivity index (χ3n) is 2.49. The minimum absolute atomic E-state index is 0.0372. The van der Waals surface area contributed by atoms with E-state index in [9.17, 15) is 4.79 Å². The van der Waals surface area contributed by atoms with Gasteiger partial charge in [-0.1, -0.05) is 0 Å². The van der Waals surface area contributed by atoms with Crippen LogP contribution in [0.25, 0.3) is 0 Å². The fraction of sp³-hybridized carbons (Fsp3) is 0.875. The van der Waals surface area contributed by atoms with Gasteiger partial charge in [0.05, 0.1) is 13.0 Å². The SMILES string of the molecule is COC(=O)[C@H]1CC[C@H](N)[C@H](N)C1. The second kappa shape index (κ2) is 3.87. The minimum Gasteiger partial charge on any atom is -0.469 e. The van der Waals surface area contributed by atoms with E-state index < -0.39 is 0 Å². The molecular formula is C8H16N2O2. The van der Waals surface area contributed by atoms with Crippen LogP contribution in [0.5, 0.6) is 0 Å². The molecule has 0 heterocycles. The third-order valence-corrected chi connectivity index (χ3v) is 2.49. The van der Waals surface area contributed by atoms with Crippen molar-refractivity contribution in [3.8, 4) is 0 Å². The van der Waals surface area contributed by atoms with E-state index >= 15 is 0 Å². The molecule has 12 heavy (non-hydrogen) atoms. The molecule has 4 N–H and O–H groups in total. The maximum Gasteiger partial charge on any atom is 0.308 e. The molecule has 70 valence electrons. The molecule has 1 aliphatic rings. The number of hydrogen-bond donors (Lipinski definition) is 2. The number of nitrogens with two attached hydrogens (primary N) is 2. The Labute approximate surface area is 72.2 Å². The van der Waals surface area contributed by atoms with Crippen molar-refractivity contribution in [1.82, 2.24) is 0 Å². The normalized spacial score (nSPS) is 36.1. The van der Waals surface area contributed by atoms with Gasteiger partial charge < -0.3 is 16.2 Å². The zero-order valence-corrected chi connectivity index (χ0v) is 7.32. The number of hydrogen-bond acceptors (Lipinski definition) is 4. The first-order valence-electron chi connectivity index (χ1n) is 4.24. The van der Waals surface area contributed by atoms with Crippen LogP contribution < -0.4 is 11.5 Å². The van der Waals surface area contributed by atoms with Gasteiger partial charge in [0.15, 0.2) is 0 Å². The smallest absolute Gasteiger partial charge is 0.308 e. The van der Waals surface area contributed by atoms with Gasteiger partial charge in [0.25, 0.3) is 0 Å². The number of esters is 1. The molecule has 0 radical (unpaired) electrons. The highest BCUT2D eigenvalue weighted by atomic mass is 16.5. The molecule has 0 spiro atoms. The topological polar surface area (TPSA) is 78.3 Å². The van der Waals surface area contributed by atoms with Crippen molar-refractivity contribution in [3.05, 3.63) is 0 Å². The largest absolute Gasteiger partial charge is 0.469 e. The van der Waals surface area contributed by atoms with Crippen LogP contribution in [0, 0.1) is 5.92 Å². The van der Waals surface area contributed by atoms with Gasteiger partial charge in [0, 0.05) is 12.1 Å². The first-order valence-corrected chi connectivity index (χ1v) is 4.24. The molecule has 1 aliphatic carbocycles. The minimum atomic E-state index is -0.155. The molecule has 1 saturated carbocycles. The van der Waals surface area contributed by atoms with E-state index in [0.717, 1.165) is 12.8 Å². The Hall–Kier alpha value is -0.610. The van der Waals surface area contributed by atoms with Gasteiger partial charge in [-0.05, 0) is 19.3 Å². The van der Waals surface area contributed by atoms with Crippen molar-refractivity contribution < 1.29 is 9.53 Å². The summed E-state index contributed by atoms with van der Waals surface area (Å²) in [5.74, 6) is -0.192. The number of carbonyl (C=O) groups excluding carboxylic acids is 1. The van der Waals surface area contributed by atoms with Gasteiger partial charge in [-0.15, -0.1) is 0 Å². The second-order valence-corrected chi connectivity index (χ2v) is 3.36. The molecule has 0 unspecified atom stereocenters. The van der Waals surface area contributed by atoms with Gasteiger partial charge in [-0.25, -0.2) is 0 Å². The molecule has 0 amide bonds. The molecule has 1 rings (SSSR count). The lowest BCUT2D eigenvalue weighted by atomic mass is 9.83.